The highest BCUT2D eigenvalue weighted by atomic mass is 16.6. The second kappa shape index (κ2) is 8.17. The second-order valence-corrected chi connectivity index (χ2v) is 7.27. The maximum atomic E-state index is 13.3. The number of aromatic nitrogens is 2. The van der Waals surface area contributed by atoms with E-state index in [9.17, 15) is 20.0 Å². The molecule has 0 aliphatic rings. The molecule has 3 aromatic carbocycles. The molecular formula is C24H16N4O6. The number of hydrogen-bond donors (Lipinski definition) is 1. The van der Waals surface area contributed by atoms with Crippen LogP contribution in [0.1, 0.15) is 5.56 Å². The van der Waals surface area contributed by atoms with Gasteiger partial charge in [0.2, 0.25) is 11.6 Å². The van der Waals surface area contributed by atoms with Crippen molar-refractivity contribution >= 4 is 33.8 Å². The summed E-state index contributed by atoms with van der Waals surface area (Å²) in [6.45, 7) is 0. The fraction of sp³-hybridized carbons (Fsp3) is 0.0417. The molecular weight excluding hydrogens is 440 g/mol. The first-order valence-electron chi connectivity index (χ1n) is 10.1. The molecule has 34 heavy (non-hydrogen) atoms. The van der Waals surface area contributed by atoms with E-state index < -0.39 is 21.9 Å². The Morgan fingerprint density at radius 2 is 1.91 bits per heavy atom. The van der Waals surface area contributed by atoms with Gasteiger partial charge in [0.05, 0.1) is 34.5 Å². The van der Waals surface area contributed by atoms with Gasteiger partial charge < -0.3 is 14.3 Å². The van der Waals surface area contributed by atoms with Gasteiger partial charge in [-0.15, -0.1) is 0 Å². The second-order valence-electron chi connectivity index (χ2n) is 7.27. The molecule has 5 rings (SSSR count). The fourth-order valence-electron chi connectivity index (χ4n) is 3.63. The lowest BCUT2D eigenvalue weighted by Gasteiger charge is -2.07. The summed E-state index contributed by atoms with van der Waals surface area (Å²) in [6.07, 6.45) is 1.16. The maximum Gasteiger partial charge on any atom is 0.311 e. The predicted octanol–water partition coefficient (Wildman–Crippen LogP) is 4.31. The fourth-order valence-corrected chi connectivity index (χ4v) is 3.63. The van der Waals surface area contributed by atoms with E-state index >= 15 is 0 Å². The number of furan rings is 1. The molecule has 0 aliphatic heterocycles. The molecule has 0 bridgehead atoms. The van der Waals surface area contributed by atoms with E-state index in [-0.39, 0.29) is 17.1 Å². The summed E-state index contributed by atoms with van der Waals surface area (Å²) in [5, 5.41) is 26.6. The Balaban J connectivity index is 1.74. The number of rotatable bonds is 5. The first-order chi connectivity index (χ1) is 16.5. The van der Waals surface area contributed by atoms with Gasteiger partial charge in [0, 0.05) is 11.6 Å². The lowest BCUT2D eigenvalue weighted by atomic mass is 10.2. The number of fused-ring (bicyclic) bond motifs is 2. The van der Waals surface area contributed by atoms with Crippen molar-refractivity contribution < 1.29 is 19.2 Å². The molecule has 10 heteroatoms. The van der Waals surface area contributed by atoms with Crippen molar-refractivity contribution in [1.82, 2.24) is 9.66 Å². The Hall–Kier alpha value is -4.99. The first kappa shape index (κ1) is 20.9. The van der Waals surface area contributed by atoms with Gasteiger partial charge in [0.1, 0.15) is 11.3 Å². The normalized spacial score (nSPS) is 11.4. The minimum atomic E-state index is -0.705. The minimum absolute atomic E-state index is 0.0616. The van der Waals surface area contributed by atoms with Gasteiger partial charge in [-0.25, -0.2) is 4.98 Å². The van der Waals surface area contributed by atoms with Crippen LogP contribution in [0.2, 0.25) is 0 Å². The molecule has 0 spiro atoms. The molecule has 2 aromatic heterocycles. The summed E-state index contributed by atoms with van der Waals surface area (Å²) in [5.41, 5.74) is 0.0846. The molecule has 2 heterocycles. The van der Waals surface area contributed by atoms with E-state index in [1.165, 1.54) is 18.2 Å². The van der Waals surface area contributed by atoms with E-state index in [1.54, 1.807) is 55.6 Å². The smallest absolute Gasteiger partial charge is 0.311 e. The predicted molar refractivity (Wildman–Crippen MR) is 126 cm³/mol. The Kier molecular flexibility index (Phi) is 5.02. The number of benzene rings is 3. The highest BCUT2D eigenvalue weighted by molar-refractivity contribution is 5.89. The Labute approximate surface area is 191 Å². The van der Waals surface area contributed by atoms with Crippen molar-refractivity contribution in [3.05, 3.63) is 92.8 Å². The quantitative estimate of drug-likeness (QED) is 0.237. The van der Waals surface area contributed by atoms with E-state index in [0.717, 1.165) is 10.9 Å². The highest BCUT2D eigenvalue weighted by Gasteiger charge is 2.19. The number of nitro benzene ring substituents is 1. The minimum Gasteiger partial charge on any atom is -0.502 e. The molecule has 10 nitrogen and oxygen atoms in total. The van der Waals surface area contributed by atoms with E-state index in [0.29, 0.717) is 27.6 Å². The third kappa shape index (κ3) is 3.43. The molecule has 1 N–H and O–H groups in total. The van der Waals surface area contributed by atoms with Gasteiger partial charge in [0.25, 0.3) is 5.56 Å². The summed E-state index contributed by atoms with van der Waals surface area (Å²) in [4.78, 5) is 28.3. The van der Waals surface area contributed by atoms with Crippen molar-refractivity contribution in [3.8, 4) is 23.1 Å². The molecule has 0 fully saturated rings. The summed E-state index contributed by atoms with van der Waals surface area (Å²) in [5.74, 6) is 0.408. The van der Waals surface area contributed by atoms with Gasteiger partial charge >= 0.3 is 5.69 Å². The van der Waals surface area contributed by atoms with Crippen molar-refractivity contribution in [2.45, 2.75) is 0 Å². The van der Waals surface area contributed by atoms with Gasteiger partial charge in [-0.1, -0.05) is 24.3 Å². The lowest BCUT2D eigenvalue weighted by molar-refractivity contribution is -0.385. The number of methoxy groups -OCH3 is 1. The Morgan fingerprint density at radius 3 is 2.71 bits per heavy atom. The van der Waals surface area contributed by atoms with Crippen LogP contribution < -0.4 is 10.3 Å². The van der Waals surface area contributed by atoms with E-state index in [1.807, 2.05) is 0 Å². The summed E-state index contributed by atoms with van der Waals surface area (Å²) in [6, 6.07) is 17.8. The van der Waals surface area contributed by atoms with E-state index in [4.69, 9.17) is 9.15 Å². The number of phenolic OH excluding ortho intramolecular Hbond substituents is 1. The molecule has 0 amide bonds. The van der Waals surface area contributed by atoms with Crippen LogP contribution in [0.15, 0.2) is 81.0 Å². The Bertz CT molecular complexity index is 1670. The largest absolute Gasteiger partial charge is 0.502 e. The van der Waals surface area contributed by atoms with Gasteiger partial charge in [-0.05, 0) is 36.4 Å². The third-order valence-corrected chi connectivity index (χ3v) is 5.27. The molecule has 0 saturated carbocycles. The zero-order valence-electron chi connectivity index (χ0n) is 17.7. The van der Waals surface area contributed by atoms with Crippen molar-refractivity contribution in [2.24, 2.45) is 5.10 Å². The number of ether oxygens (including phenoxy) is 1. The van der Waals surface area contributed by atoms with Crippen LogP contribution in [0.25, 0.3) is 33.5 Å². The summed E-state index contributed by atoms with van der Waals surface area (Å²) >= 11 is 0. The van der Waals surface area contributed by atoms with Crippen LogP contribution in [-0.2, 0) is 0 Å². The standard InChI is InChI=1S/C24H16N4O6/c1-33-19-10-5-11-20-16(19)12-21(34-20)23-26-17-8-3-2-7-15(17)24(30)27(23)25-13-14-6-4-9-18(22(14)29)28(31)32/h2-13,29H,1H3. The first-order valence-corrected chi connectivity index (χ1v) is 10.1. The van der Waals surface area contributed by atoms with Crippen molar-refractivity contribution in [3.63, 3.8) is 0 Å². The number of nitrogens with zero attached hydrogens (tertiary/aromatic N) is 4. The molecule has 0 radical (unpaired) electrons. The SMILES string of the molecule is COc1cccc2oc(-c3nc4ccccc4c(=O)n3N=Cc3cccc([N+](=O)[O-])c3O)cc12. The Morgan fingerprint density at radius 1 is 1.12 bits per heavy atom. The lowest BCUT2D eigenvalue weighted by Crippen LogP contribution is -2.20. The zero-order valence-corrected chi connectivity index (χ0v) is 17.7. The number of aromatic hydroxyl groups is 1. The number of para-hydroxylation sites is 2. The van der Waals surface area contributed by atoms with Crippen LogP contribution >= 0.6 is 0 Å². The molecule has 0 saturated heterocycles. The van der Waals surface area contributed by atoms with Crippen LogP contribution in [0.3, 0.4) is 0 Å². The third-order valence-electron chi connectivity index (χ3n) is 5.27. The van der Waals surface area contributed by atoms with Crippen molar-refractivity contribution in [2.75, 3.05) is 7.11 Å². The number of nitro groups is 1. The van der Waals surface area contributed by atoms with Crippen LogP contribution in [0.5, 0.6) is 11.5 Å². The molecule has 5 aromatic rings. The van der Waals surface area contributed by atoms with E-state index in [2.05, 4.69) is 10.1 Å². The molecule has 168 valence electrons. The van der Waals surface area contributed by atoms with Gasteiger partial charge in [0.15, 0.2) is 5.76 Å². The maximum absolute atomic E-state index is 13.3. The van der Waals surface area contributed by atoms with Crippen LogP contribution in [0.4, 0.5) is 5.69 Å². The summed E-state index contributed by atoms with van der Waals surface area (Å²) < 4.78 is 12.4. The van der Waals surface area contributed by atoms with Crippen LogP contribution in [-0.4, -0.2) is 33.0 Å². The average Bonchev–Trinajstić information content (AvgIpc) is 3.28. The average molecular weight is 456 g/mol. The van der Waals surface area contributed by atoms with Crippen LogP contribution in [0, 0.1) is 10.1 Å². The van der Waals surface area contributed by atoms with Gasteiger partial charge in [-0.3, -0.25) is 14.9 Å². The molecule has 0 aliphatic carbocycles. The summed E-state index contributed by atoms with van der Waals surface area (Å²) in [7, 11) is 1.54. The zero-order chi connectivity index (χ0) is 23.8. The topological polar surface area (TPSA) is 133 Å². The molecule has 0 unspecified atom stereocenters. The number of hydrogen-bond acceptors (Lipinski definition) is 8. The molecule has 0 atom stereocenters. The monoisotopic (exact) mass is 456 g/mol. The van der Waals surface area contributed by atoms with Crippen molar-refractivity contribution in [1.29, 1.82) is 0 Å². The van der Waals surface area contributed by atoms with Gasteiger partial charge in [-0.2, -0.15) is 9.78 Å². The highest BCUT2D eigenvalue weighted by Crippen LogP contribution is 2.33. The number of phenols is 1.